The highest BCUT2D eigenvalue weighted by Gasteiger charge is 2.32. The summed E-state index contributed by atoms with van der Waals surface area (Å²) in [5.41, 5.74) is 0. The van der Waals surface area contributed by atoms with Crippen molar-refractivity contribution in [3.05, 3.63) is 42.5 Å². The van der Waals surface area contributed by atoms with Gasteiger partial charge in [-0.1, -0.05) is 56.2 Å². The van der Waals surface area contributed by atoms with Crippen LogP contribution in [0, 0.1) is 0 Å². The van der Waals surface area contributed by atoms with E-state index in [1.54, 1.807) is 17.4 Å². The van der Waals surface area contributed by atoms with Crippen molar-refractivity contribution < 1.29 is 8.42 Å². The summed E-state index contributed by atoms with van der Waals surface area (Å²) in [7, 11) is -1.80. The van der Waals surface area contributed by atoms with Crippen LogP contribution in [0.1, 0.15) is 39.0 Å². The van der Waals surface area contributed by atoms with Gasteiger partial charge in [0.1, 0.15) is 0 Å². The van der Waals surface area contributed by atoms with Gasteiger partial charge in [0, 0.05) is 12.4 Å². The normalized spacial score (nSPS) is 17.9. The Morgan fingerprint density at radius 1 is 1.04 bits per heavy atom. The third kappa shape index (κ3) is 3.73. The van der Waals surface area contributed by atoms with Crippen molar-refractivity contribution >= 4 is 20.8 Å². The van der Waals surface area contributed by atoms with Crippen LogP contribution in [0.25, 0.3) is 10.8 Å². The van der Waals surface area contributed by atoms with Gasteiger partial charge in [-0.2, -0.15) is 4.31 Å². The average molecular weight is 361 g/mol. The molecule has 0 aliphatic carbocycles. The van der Waals surface area contributed by atoms with Crippen LogP contribution in [0.2, 0.25) is 0 Å². The largest absolute Gasteiger partial charge is 0.287 e. The third-order valence-corrected chi connectivity index (χ3v) is 7.10. The Morgan fingerprint density at radius 3 is 2.44 bits per heavy atom. The fourth-order valence-corrected chi connectivity index (χ4v) is 5.39. The smallest absolute Gasteiger partial charge is 0.244 e. The second-order valence-corrected chi connectivity index (χ2v) is 8.83. The predicted octanol–water partition coefficient (Wildman–Crippen LogP) is 4.07. The molecule has 0 N–H and O–H groups in total. The van der Waals surface area contributed by atoms with E-state index in [-0.39, 0.29) is 6.17 Å². The zero-order chi connectivity index (χ0) is 17.9. The number of sulfonamides is 1. The monoisotopic (exact) mass is 360 g/mol. The molecule has 1 saturated heterocycles. The maximum Gasteiger partial charge on any atom is 0.244 e. The van der Waals surface area contributed by atoms with Crippen LogP contribution in [0.4, 0.5) is 0 Å². The van der Waals surface area contributed by atoms with Crippen molar-refractivity contribution in [2.45, 2.75) is 50.1 Å². The summed E-state index contributed by atoms with van der Waals surface area (Å²) >= 11 is 0. The Bertz CT molecular complexity index is 808. The van der Waals surface area contributed by atoms with Crippen LogP contribution >= 0.6 is 0 Å². The first kappa shape index (κ1) is 18.4. The van der Waals surface area contributed by atoms with Crippen LogP contribution in [-0.4, -0.2) is 43.9 Å². The molecular formula is C20H28N2O2S. The Balaban J connectivity index is 1.98. The molecule has 0 amide bonds. The van der Waals surface area contributed by atoms with Gasteiger partial charge in [0.25, 0.3) is 0 Å². The highest BCUT2D eigenvalue weighted by atomic mass is 32.2. The SMILES string of the molecule is CCCC(N1CCCCC1)N(C)S(=O)(=O)c1cccc2ccccc12. The van der Waals surface area contributed by atoms with E-state index in [0.29, 0.717) is 4.90 Å². The van der Waals surface area contributed by atoms with Gasteiger partial charge in [0.05, 0.1) is 11.1 Å². The van der Waals surface area contributed by atoms with Gasteiger partial charge in [-0.3, -0.25) is 4.90 Å². The second kappa shape index (κ2) is 7.85. The first-order valence-electron chi connectivity index (χ1n) is 9.25. The lowest BCUT2D eigenvalue weighted by Gasteiger charge is -2.39. The predicted molar refractivity (Wildman–Crippen MR) is 103 cm³/mol. The van der Waals surface area contributed by atoms with Crippen molar-refractivity contribution in [3.63, 3.8) is 0 Å². The van der Waals surface area contributed by atoms with E-state index in [1.807, 2.05) is 36.4 Å². The fraction of sp³-hybridized carbons (Fsp3) is 0.500. The van der Waals surface area contributed by atoms with Crippen molar-refractivity contribution in [1.29, 1.82) is 0 Å². The van der Waals surface area contributed by atoms with Crippen LogP contribution in [0.5, 0.6) is 0 Å². The van der Waals surface area contributed by atoms with E-state index in [4.69, 9.17) is 0 Å². The third-order valence-electron chi connectivity index (χ3n) is 5.19. The Hall–Kier alpha value is -1.43. The summed E-state index contributed by atoms with van der Waals surface area (Å²) in [5, 5.41) is 1.76. The number of hydrogen-bond acceptors (Lipinski definition) is 3. The molecule has 1 unspecified atom stereocenters. The highest BCUT2D eigenvalue weighted by molar-refractivity contribution is 7.89. The molecule has 2 aromatic rings. The summed E-state index contributed by atoms with van der Waals surface area (Å²) in [5.74, 6) is 0. The molecule has 0 aromatic heterocycles. The number of benzene rings is 2. The fourth-order valence-electron chi connectivity index (χ4n) is 3.80. The van der Waals surface area contributed by atoms with Crippen LogP contribution in [0.3, 0.4) is 0 Å². The van der Waals surface area contributed by atoms with Gasteiger partial charge >= 0.3 is 0 Å². The zero-order valence-corrected chi connectivity index (χ0v) is 16.0. The number of nitrogens with zero attached hydrogens (tertiary/aromatic N) is 2. The standard InChI is InChI=1S/C20H28N2O2S/c1-3-10-20(22-15-7-4-8-16-22)21(2)25(23,24)19-14-9-12-17-11-5-6-13-18(17)19/h5-6,9,11-14,20H,3-4,7-8,10,15-16H2,1-2H3. The van der Waals surface area contributed by atoms with Crippen molar-refractivity contribution in [2.75, 3.05) is 20.1 Å². The van der Waals surface area contributed by atoms with Gasteiger partial charge in [-0.05, 0) is 43.8 Å². The molecule has 25 heavy (non-hydrogen) atoms. The van der Waals surface area contributed by atoms with Gasteiger partial charge < -0.3 is 0 Å². The Labute approximate surface area is 151 Å². The van der Waals surface area contributed by atoms with Gasteiger partial charge in [-0.25, -0.2) is 8.42 Å². The van der Waals surface area contributed by atoms with Crippen molar-refractivity contribution in [1.82, 2.24) is 9.21 Å². The lowest BCUT2D eigenvalue weighted by atomic mass is 10.1. The minimum atomic E-state index is -3.54. The van der Waals surface area contributed by atoms with E-state index in [2.05, 4.69) is 11.8 Å². The van der Waals surface area contributed by atoms with Gasteiger partial charge in [-0.15, -0.1) is 0 Å². The van der Waals surface area contributed by atoms with E-state index in [1.165, 1.54) is 6.42 Å². The topological polar surface area (TPSA) is 40.6 Å². The van der Waals surface area contributed by atoms with E-state index < -0.39 is 10.0 Å². The van der Waals surface area contributed by atoms with E-state index >= 15 is 0 Å². The summed E-state index contributed by atoms with van der Waals surface area (Å²) < 4.78 is 28.4. The first-order chi connectivity index (χ1) is 12.1. The minimum Gasteiger partial charge on any atom is -0.287 e. The van der Waals surface area contributed by atoms with Gasteiger partial charge in [0.15, 0.2) is 0 Å². The lowest BCUT2D eigenvalue weighted by molar-refractivity contribution is 0.0851. The van der Waals surface area contributed by atoms with Gasteiger partial charge in [0.2, 0.25) is 10.0 Å². The summed E-state index contributed by atoms with van der Waals surface area (Å²) in [6.07, 6.45) is 5.32. The molecule has 0 spiro atoms. The molecule has 3 rings (SSSR count). The first-order valence-corrected chi connectivity index (χ1v) is 10.7. The summed E-state index contributed by atoms with van der Waals surface area (Å²) in [4.78, 5) is 2.75. The molecule has 0 saturated carbocycles. The second-order valence-electron chi connectivity index (χ2n) is 6.86. The molecular weight excluding hydrogens is 332 g/mol. The Kier molecular flexibility index (Phi) is 5.77. The molecule has 1 aliphatic rings. The zero-order valence-electron chi connectivity index (χ0n) is 15.2. The summed E-state index contributed by atoms with van der Waals surface area (Å²) in [6.45, 7) is 4.09. The molecule has 2 aromatic carbocycles. The van der Waals surface area contributed by atoms with Crippen molar-refractivity contribution in [2.24, 2.45) is 0 Å². The minimum absolute atomic E-state index is 0.0609. The molecule has 1 atom stereocenters. The van der Waals surface area contributed by atoms with E-state index in [9.17, 15) is 8.42 Å². The maximum atomic E-state index is 13.4. The number of rotatable bonds is 6. The lowest BCUT2D eigenvalue weighted by Crippen LogP contribution is -2.50. The molecule has 0 radical (unpaired) electrons. The Morgan fingerprint density at radius 2 is 1.72 bits per heavy atom. The number of likely N-dealkylation sites (tertiary alicyclic amines) is 1. The molecule has 5 heteroatoms. The number of hydrogen-bond donors (Lipinski definition) is 0. The average Bonchev–Trinajstić information content (AvgIpc) is 2.65. The molecule has 4 nitrogen and oxygen atoms in total. The number of piperidine rings is 1. The molecule has 1 fully saturated rings. The van der Waals surface area contributed by atoms with Crippen molar-refractivity contribution in [3.8, 4) is 0 Å². The van der Waals surface area contributed by atoms with Crippen LogP contribution in [-0.2, 0) is 10.0 Å². The van der Waals surface area contributed by atoms with E-state index in [0.717, 1.165) is 49.5 Å². The maximum absolute atomic E-state index is 13.4. The number of fused-ring (bicyclic) bond motifs is 1. The van der Waals surface area contributed by atoms with Crippen LogP contribution in [0.15, 0.2) is 47.4 Å². The van der Waals surface area contributed by atoms with Crippen LogP contribution < -0.4 is 0 Å². The summed E-state index contributed by atoms with van der Waals surface area (Å²) in [6, 6.07) is 13.2. The molecule has 0 bridgehead atoms. The highest BCUT2D eigenvalue weighted by Crippen LogP contribution is 2.28. The quantitative estimate of drug-likeness (QED) is 0.779. The molecule has 1 heterocycles. The molecule has 1 aliphatic heterocycles. The molecule has 136 valence electrons.